The third-order valence-corrected chi connectivity index (χ3v) is 7.70. The second kappa shape index (κ2) is 10.5. The predicted octanol–water partition coefficient (Wildman–Crippen LogP) is 2.62. The lowest BCUT2D eigenvalue weighted by Gasteiger charge is -2.34. The molecule has 1 fully saturated rings. The van der Waals surface area contributed by atoms with Gasteiger partial charge in [-0.3, -0.25) is 9.36 Å². The van der Waals surface area contributed by atoms with Gasteiger partial charge >= 0.3 is 11.8 Å². The first-order valence-electron chi connectivity index (χ1n) is 11.0. The van der Waals surface area contributed by atoms with E-state index in [4.69, 9.17) is 4.74 Å². The van der Waals surface area contributed by atoms with E-state index in [-0.39, 0.29) is 23.4 Å². The SMILES string of the molecule is CCOC(=O)N1CCN(C(=O)CSc2nc(=O)n(Cc3cccs3)c3c2CCCC3)CC1. The summed E-state index contributed by atoms with van der Waals surface area (Å²) in [4.78, 5) is 46.4. The van der Waals surface area contributed by atoms with Crippen molar-refractivity contribution >= 4 is 35.1 Å². The predicted molar refractivity (Wildman–Crippen MR) is 124 cm³/mol. The lowest BCUT2D eigenvalue weighted by atomic mass is 9.97. The number of hydrogen-bond donors (Lipinski definition) is 0. The first-order valence-corrected chi connectivity index (χ1v) is 12.9. The van der Waals surface area contributed by atoms with Crippen LogP contribution in [0.1, 0.15) is 35.9 Å². The second-order valence-electron chi connectivity index (χ2n) is 7.85. The molecule has 3 heterocycles. The van der Waals surface area contributed by atoms with Gasteiger partial charge in [-0.2, -0.15) is 4.98 Å². The van der Waals surface area contributed by atoms with Gasteiger partial charge in [-0.15, -0.1) is 11.3 Å². The summed E-state index contributed by atoms with van der Waals surface area (Å²) in [5.41, 5.74) is 1.96. The van der Waals surface area contributed by atoms with Crippen molar-refractivity contribution in [3.05, 3.63) is 44.1 Å². The molecule has 8 nitrogen and oxygen atoms in total. The number of amides is 2. The van der Waals surface area contributed by atoms with Crippen molar-refractivity contribution in [1.82, 2.24) is 19.4 Å². The van der Waals surface area contributed by atoms with Gasteiger partial charge in [0.15, 0.2) is 0 Å². The van der Waals surface area contributed by atoms with E-state index in [1.165, 1.54) is 11.8 Å². The fourth-order valence-corrected chi connectivity index (χ4v) is 5.84. The molecule has 1 aliphatic heterocycles. The van der Waals surface area contributed by atoms with Gasteiger partial charge < -0.3 is 14.5 Å². The van der Waals surface area contributed by atoms with Crippen LogP contribution in [-0.4, -0.2) is 69.9 Å². The highest BCUT2D eigenvalue weighted by Gasteiger charge is 2.26. The van der Waals surface area contributed by atoms with Crippen molar-refractivity contribution in [2.75, 3.05) is 38.5 Å². The lowest BCUT2D eigenvalue weighted by molar-refractivity contribution is -0.129. The van der Waals surface area contributed by atoms with Crippen LogP contribution in [0.3, 0.4) is 0 Å². The Morgan fingerprint density at radius 1 is 1.16 bits per heavy atom. The number of nitrogens with zero attached hydrogens (tertiary/aromatic N) is 4. The van der Waals surface area contributed by atoms with E-state index in [1.54, 1.807) is 32.6 Å². The Morgan fingerprint density at radius 3 is 2.62 bits per heavy atom. The van der Waals surface area contributed by atoms with Gasteiger partial charge in [-0.1, -0.05) is 17.8 Å². The number of aromatic nitrogens is 2. The van der Waals surface area contributed by atoms with Crippen molar-refractivity contribution in [2.45, 2.75) is 44.2 Å². The third kappa shape index (κ3) is 5.17. The van der Waals surface area contributed by atoms with Gasteiger partial charge in [0.2, 0.25) is 5.91 Å². The molecule has 0 atom stereocenters. The standard InChI is InChI=1S/C22H28N4O4S2/c1-2-30-22(29)25-11-9-24(10-12-25)19(27)15-32-20-17-7-3-4-8-18(17)26(21(28)23-20)14-16-6-5-13-31-16/h5-6,13H,2-4,7-12,14-15H2,1H3. The summed E-state index contributed by atoms with van der Waals surface area (Å²) in [5, 5.41) is 2.72. The molecule has 2 aliphatic rings. The molecule has 10 heteroatoms. The molecule has 2 amide bonds. The average Bonchev–Trinajstić information content (AvgIpc) is 3.33. The number of rotatable bonds is 6. The number of fused-ring (bicyclic) bond motifs is 1. The molecule has 1 saturated heterocycles. The molecule has 0 bridgehead atoms. The Labute approximate surface area is 195 Å². The third-order valence-electron chi connectivity index (χ3n) is 5.84. The van der Waals surface area contributed by atoms with Crippen molar-refractivity contribution in [3.8, 4) is 0 Å². The van der Waals surface area contributed by atoms with Crippen LogP contribution in [0, 0.1) is 0 Å². The van der Waals surface area contributed by atoms with E-state index >= 15 is 0 Å². The molecule has 0 N–H and O–H groups in total. The highest BCUT2D eigenvalue weighted by atomic mass is 32.2. The molecule has 4 rings (SSSR count). The second-order valence-corrected chi connectivity index (χ2v) is 9.85. The fraction of sp³-hybridized carbons (Fsp3) is 0.545. The molecule has 0 aromatic carbocycles. The number of hydrogen-bond acceptors (Lipinski definition) is 7. The van der Waals surface area contributed by atoms with Crippen LogP contribution in [-0.2, 0) is 28.9 Å². The zero-order valence-electron chi connectivity index (χ0n) is 18.2. The number of ether oxygens (including phenoxy) is 1. The fourth-order valence-electron chi connectivity index (χ4n) is 4.16. The van der Waals surface area contributed by atoms with Crippen molar-refractivity contribution < 1.29 is 14.3 Å². The van der Waals surface area contributed by atoms with Crippen LogP contribution in [0.25, 0.3) is 0 Å². The van der Waals surface area contributed by atoms with Gasteiger partial charge in [0.1, 0.15) is 5.03 Å². The van der Waals surface area contributed by atoms with Crippen LogP contribution in [0.5, 0.6) is 0 Å². The van der Waals surface area contributed by atoms with Crippen molar-refractivity contribution in [1.29, 1.82) is 0 Å². The highest BCUT2D eigenvalue weighted by Crippen LogP contribution is 2.29. The summed E-state index contributed by atoms with van der Waals surface area (Å²) in [6.45, 7) is 4.61. The van der Waals surface area contributed by atoms with Crippen LogP contribution < -0.4 is 5.69 Å². The first kappa shape index (κ1) is 22.8. The van der Waals surface area contributed by atoms with Crippen LogP contribution in [0.15, 0.2) is 27.3 Å². The molecule has 0 spiro atoms. The topological polar surface area (TPSA) is 84.7 Å². The molecule has 2 aromatic heterocycles. The Hall–Kier alpha value is -2.33. The van der Waals surface area contributed by atoms with E-state index in [0.717, 1.165) is 41.8 Å². The summed E-state index contributed by atoms with van der Waals surface area (Å²) < 4.78 is 6.84. The van der Waals surface area contributed by atoms with E-state index in [0.29, 0.717) is 44.4 Å². The largest absolute Gasteiger partial charge is 0.450 e. The lowest BCUT2D eigenvalue weighted by Crippen LogP contribution is -2.51. The Balaban J connectivity index is 1.41. The molecule has 0 saturated carbocycles. The molecule has 0 radical (unpaired) electrons. The van der Waals surface area contributed by atoms with Crippen LogP contribution in [0.2, 0.25) is 0 Å². The average molecular weight is 477 g/mol. The summed E-state index contributed by atoms with van der Waals surface area (Å²) in [6.07, 6.45) is 3.57. The summed E-state index contributed by atoms with van der Waals surface area (Å²) >= 11 is 3.01. The maximum absolute atomic E-state index is 12.8. The minimum atomic E-state index is -0.326. The molecule has 32 heavy (non-hydrogen) atoms. The Bertz CT molecular complexity index is 1010. The maximum atomic E-state index is 12.8. The molecular weight excluding hydrogens is 448 g/mol. The summed E-state index contributed by atoms with van der Waals surface area (Å²) in [5.74, 6) is 0.250. The monoisotopic (exact) mass is 476 g/mol. The zero-order chi connectivity index (χ0) is 22.5. The molecule has 172 valence electrons. The number of thioether (sulfide) groups is 1. The maximum Gasteiger partial charge on any atom is 0.409 e. The Morgan fingerprint density at radius 2 is 1.91 bits per heavy atom. The highest BCUT2D eigenvalue weighted by molar-refractivity contribution is 7.99. The number of thiophene rings is 1. The van der Waals surface area contributed by atoms with Crippen LogP contribution >= 0.6 is 23.1 Å². The van der Waals surface area contributed by atoms with E-state index in [2.05, 4.69) is 4.98 Å². The normalized spacial score (nSPS) is 16.0. The summed E-state index contributed by atoms with van der Waals surface area (Å²) in [7, 11) is 0. The van der Waals surface area contributed by atoms with Gasteiger partial charge in [-0.25, -0.2) is 9.59 Å². The molecular formula is C22H28N4O4S2. The van der Waals surface area contributed by atoms with Gasteiger partial charge in [0.05, 0.1) is 18.9 Å². The smallest absolute Gasteiger partial charge is 0.409 e. The quantitative estimate of drug-likeness (QED) is 0.471. The summed E-state index contributed by atoms with van der Waals surface area (Å²) in [6, 6.07) is 4.03. The molecule has 0 unspecified atom stereocenters. The number of carbonyl (C=O) groups excluding carboxylic acids is 2. The van der Waals surface area contributed by atoms with E-state index in [9.17, 15) is 14.4 Å². The van der Waals surface area contributed by atoms with Crippen molar-refractivity contribution in [3.63, 3.8) is 0 Å². The number of piperazine rings is 1. The zero-order valence-corrected chi connectivity index (χ0v) is 19.9. The first-order chi connectivity index (χ1) is 15.6. The Kier molecular flexibility index (Phi) is 7.51. The molecule has 2 aromatic rings. The number of carbonyl (C=O) groups is 2. The van der Waals surface area contributed by atoms with Gasteiger partial charge in [0.25, 0.3) is 0 Å². The van der Waals surface area contributed by atoms with Crippen LogP contribution in [0.4, 0.5) is 4.79 Å². The van der Waals surface area contributed by atoms with Crippen molar-refractivity contribution in [2.24, 2.45) is 0 Å². The minimum absolute atomic E-state index is 0.00707. The van der Waals surface area contributed by atoms with Gasteiger partial charge in [0, 0.05) is 42.3 Å². The van der Waals surface area contributed by atoms with Gasteiger partial charge in [-0.05, 0) is 44.1 Å². The van der Waals surface area contributed by atoms with E-state index < -0.39 is 0 Å². The molecule has 1 aliphatic carbocycles. The van der Waals surface area contributed by atoms with E-state index in [1.807, 2.05) is 17.5 Å². The minimum Gasteiger partial charge on any atom is -0.450 e.